The zero-order chi connectivity index (χ0) is 23.3. The lowest BCUT2D eigenvalue weighted by Crippen LogP contribution is -2.47. The van der Waals surface area contributed by atoms with Gasteiger partial charge in [-0.3, -0.25) is 4.79 Å². The third-order valence-corrected chi connectivity index (χ3v) is 8.17. The number of likely N-dealkylation sites (tertiary alicyclic amines) is 2. The van der Waals surface area contributed by atoms with Crippen LogP contribution in [0.3, 0.4) is 0 Å². The number of ether oxygens (including phenoxy) is 1. The number of hydrogen-bond donors (Lipinski definition) is 0. The summed E-state index contributed by atoms with van der Waals surface area (Å²) in [5, 5.41) is 0.826. The summed E-state index contributed by atoms with van der Waals surface area (Å²) in [4.78, 5) is 23.7. The fourth-order valence-corrected chi connectivity index (χ4v) is 6.16. The summed E-state index contributed by atoms with van der Waals surface area (Å²) in [5.41, 5.74) is 1.72. The summed E-state index contributed by atoms with van der Waals surface area (Å²) in [7, 11) is 0. The van der Waals surface area contributed by atoms with Crippen molar-refractivity contribution in [1.82, 2.24) is 14.8 Å². The van der Waals surface area contributed by atoms with E-state index in [9.17, 15) is 4.79 Å². The van der Waals surface area contributed by atoms with Crippen molar-refractivity contribution in [2.24, 2.45) is 0 Å². The van der Waals surface area contributed by atoms with Crippen LogP contribution < -0.4 is 4.74 Å². The zero-order valence-corrected chi connectivity index (χ0v) is 20.7. The molecule has 34 heavy (non-hydrogen) atoms. The molecule has 2 aliphatic rings. The van der Waals surface area contributed by atoms with Crippen LogP contribution in [0.5, 0.6) is 11.5 Å². The highest BCUT2D eigenvalue weighted by molar-refractivity contribution is 7.17. The number of thiazole rings is 1. The molecule has 0 atom stereocenters. The van der Waals surface area contributed by atoms with Crippen LogP contribution in [0.4, 0.5) is 0 Å². The van der Waals surface area contributed by atoms with E-state index in [0.717, 1.165) is 58.6 Å². The largest absolute Gasteiger partial charge is 0.457 e. The number of piperidine rings is 1. The monoisotopic (exact) mass is 475 g/mol. The van der Waals surface area contributed by atoms with E-state index in [1.165, 1.54) is 50.1 Å². The van der Waals surface area contributed by atoms with Crippen molar-refractivity contribution in [3.8, 4) is 22.1 Å². The van der Waals surface area contributed by atoms with Crippen LogP contribution in [0, 0.1) is 6.92 Å². The van der Waals surface area contributed by atoms with Crippen LogP contribution in [0.25, 0.3) is 10.6 Å². The van der Waals surface area contributed by atoms with Gasteiger partial charge in [-0.25, -0.2) is 4.98 Å². The predicted molar refractivity (Wildman–Crippen MR) is 138 cm³/mol. The van der Waals surface area contributed by atoms with Gasteiger partial charge in [-0.05, 0) is 70.0 Å². The molecule has 0 saturated carbocycles. The van der Waals surface area contributed by atoms with Crippen molar-refractivity contribution in [2.45, 2.75) is 51.5 Å². The normalized spacial score (nSPS) is 18.0. The average molecular weight is 476 g/mol. The Morgan fingerprint density at radius 2 is 1.59 bits per heavy atom. The van der Waals surface area contributed by atoms with E-state index in [-0.39, 0.29) is 5.91 Å². The minimum absolute atomic E-state index is 0.122. The first-order valence-corrected chi connectivity index (χ1v) is 13.3. The summed E-state index contributed by atoms with van der Waals surface area (Å²) < 4.78 is 6.13. The quantitative estimate of drug-likeness (QED) is 0.429. The number of aromatic nitrogens is 1. The molecule has 0 aliphatic carbocycles. The molecule has 3 heterocycles. The molecule has 2 aromatic carbocycles. The van der Waals surface area contributed by atoms with Gasteiger partial charge >= 0.3 is 0 Å². The SMILES string of the molecule is Cc1nc(-c2ccccc2Oc2ccccc2)sc1C(=O)N1CCC(N2CCCCCC2)CC1. The minimum Gasteiger partial charge on any atom is -0.457 e. The lowest BCUT2D eigenvalue weighted by molar-refractivity contribution is 0.0626. The molecular formula is C28H33N3O2S. The highest BCUT2D eigenvalue weighted by atomic mass is 32.1. The van der Waals surface area contributed by atoms with Crippen molar-refractivity contribution in [2.75, 3.05) is 26.2 Å². The molecule has 5 rings (SSSR count). The number of nitrogens with zero attached hydrogens (tertiary/aromatic N) is 3. The van der Waals surface area contributed by atoms with Crippen molar-refractivity contribution in [3.05, 3.63) is 65.2 Å². The standard InChI is InChI=1S/C28H33N3O2S/c1-21-26(28(32)31-19-15-22(16-20-31)30-17-9-2-3-10-18-30)34-27(29-21)24-13-7-8-14-25(24)33-23-11-5-4-6-12-23/h4-8,11-14,22H,2-3,9-10,15-20H2,1H3. The number of amides is 1. The lowest BCUT2D eigenvalue weighted by Gasteiger charge is -2.38. The van der Waals surface area contributed by atoms with Gasteiger partial charge in [-0.1, -0.05) is 43.2 Å². The summed E-state index contributed by atoms with van der Waals surface area (Å²) in [5.74, 6) is 1.66. The predicted octanol–water partition coefficient (Wildman–Crippen LogP) is 6.39. The second-order valence-corrected chi connectivity index (χ2v) is 10.3. The smallest absolute Gasteiger partial charge is 0.265 e. The molecule has 0 spiro atoms. The van der Waals surface area contributed by atoms with Gasteiger partial charge in [0.2, 0.25) is 0 Å². The van der Waals surface area contributed by atoms with Gasteiger partial charge in [-0.15, -0.1) is 11.3 Å². The molecule has 5 nitrogen and oxygen atoms in total. The molecule has 0 unspecified atom stereocenters. The summed E-state index contributed by atoms with van der Waals surface area (Å²) in [6, 6.07) is 18.3. The Hall–Kier alpha value is -2.70. The topological polar surface area (TPSA) is 45.7 Å². The maximum absolute atomic E-state index is 13.4. The van der Waals surface area contributed by atoms with Crippen molar-refractivity contribution in [1.29, 1.82) is 0 Å². The van der Waals surface area contributed by atoms with E-state index < -0.39 is 0 Å². The molecule has 0 radical (unpaired) electrons. The van der Waals surface area contributed by atoms with Crippen LogP contribution >= 0.6 is 11.3 Å². The summed E-state index contributed by atoms with van der Waals surface area (Å²) in [6.45, 7) is 6.05. The van der Waals surface area contributed by atoms with Crippen LogP contribution in [0.1, 0.15) is 53.9 Å². The molecule has 0 N–H and O–H groups in total. The van der Waals surface area contributed by atoms with E-state index in [1.807, 2.05) is 66.4 Å². The third-order valence-electron chi connectivity index (χ3n) is 6.99. The van der Waals surface area contributed by atoms with Crippen molar-refractivity contribution in [3.63, 3.8) is 0 Å². The molecule has 178 valence electrons. The molecule has 1 aromatic heterocycles. The molecule has 2 aliphatic heterocycles. The van der Waals surface area contributed by atoms with Crippen LogP contribution in [0.2, 0.25) is 0 Å². The maximum atomic E-state index is 13.4. The van der Waals surface area contributed by atoms with Gasteiger partial charge < -0.3 is 14.5 Å². The van der Waals surface area contributed by atoms with Crippen LogP contribution in [-0.2, 0) is 0 Å². The molecule has 2 saturated heterocycles. The number of para-hydroxylation sites is 2. The summed E-state index contributed by atoms with van der Waals surface area (Å²) >= 11 is 1.48. The highest BCUT2D eigenvalue weighted by Gasteiger charge is 2.29. The number of aryl methyl sites for hydroxylation is 1. The second kappa shape index (κ2) is 10.7. The molecule has 3 aromatic rings. The second-order valence-electron chi connectivity index (χ2n) is 9.32. The highest BCUT2D eigenvalue weighted by Crippen LogP contribution is 2.37. The van der Waals surface area contributed by atoms with E-state index in [0.29, 0.717) is 6.04 Å². The molecule has 6 heteroatoms. The van der Waals surface area contributed by atoms with E-state index in [1.54, 1.807) is 0 Å². The Labute approximate surface area is 206 Å². The van der Waals surface area contributed by atoms with Gasteiger partial charge in [0.15, 0.2) is 0 Å². The van der Waals surface area contributed by atoms with Gasteiger partial charge in [0.05, 0.1) is 11.3 Å². The van der Waals surface area contributed by atoms with Gasteiger partial charge in [-0.2, -0.15) is 0 Å². The average Bonchev–Trinajstić information content (AvgIpc) is 3.07. The minimum atomic E-state index is 0.122. The van der Waals surface area contributed by atoms with Crippen molar-refractivity contribution < 1.29 is 9.53 Å². The fourth-order valence-electron chi connectivity index (χ4n) is 5.10. The van der Waals surface area contributed by atoms with Crippen LogP contribution in [-0.4, -0.2) is 52.9 Å². The van der Waals surface area contributed by atoms with E-state index in [2.05, 4.69) is 4.90 Å². The van der Waals surface area contributed by atoms with Crippen molar-refractivity contribution >= 4 is 17.2 Å². The van der Waals surface area contributed by atoms with E-state index >= 15 is 0 Å². The Morgan fingerprint density at radius 3 is 2.32 bits per heavy atom. The first kappa shape index (κ1) is 23.1. The lowest BCUT2D eigenvalue weighted by atomic mass is 10.0. The Balaban J connectivity index is 1.28. The third kappa shape index (κ3) is 5.18. The number of benzene rings is 2. The number of carbonyl (C=O) groups is 1. The molecular weight excluding hydrogens is 442 g/mol. The number of hydrogen-bond acceptors (Lipinski definition) is 5. The Kier molecular flexibility index (Phi) is 7.26. The van der Waals surface area contributed by atoms with Gasteiger partial charge in [0.1, 0.15) is 21.4 Å². The van der Waals surface area contributed by atoms with Gasteiger partial charge in [0.25, 0.3) is 5.91 Å². The Bertz CT molecular complexity index is 1100. The molecule has 1 amide bonds. The fraction of sp³-hybridized carbons (Fsp3) is 0.429. The van der Waals surface area contributed by atoms with Crippen LogP contribution in [0.15, 0.2) is 54.6 Å². The van der Waals surface area contributed by atoms with Gasteiger partial charge in [0, 0.05) is 19.1 Å². The zero-order valence-electron chi connectivity index (χ0n) is 19.9. The molecule has 0 bridgehead atoms. The number of rotatable bonds is 5. The number of carbonyl (C=O) groups excluding carboxylic acids is 1. The first-order valence-electron chi connectivity index (χ1n) is 12.5. The molecule has 2 fully saturated rings. The first-order chi connectivity index (χ1) is 16.7. The Morgan fingerprint density at radius 1 is 0.912 bits per heavy atom. The van der Waals surface area contributed by atoms with E-state index in [4.69, 9.17) is 9.72 Å². The summed E-state index contributed by atoms with van der Waals surface area (Å²) in [6.07, 6.45) is 7.50. The maximum Gasteiger partial charge on any atom is 0.265 e.